The summed E-state index contributed by atoms with van der Waals surface area (Å²) < 4.78 is 1.62. The summed E-state index contributed by atoms with van der Waals surface area (Å²) in [5.41, 5.74) is 1.02. The predicted octanol–water partition coefficient (Wildman–Crippen LogP) is 3.83. The lowest BCUT2D eigenvalue weighted by atomic mass is 10.1. The zero-order valence-corrected chi connectivity index (χ0v) is 10.9. The monoisotopic (exact) mass is 344 g/mol. The SMILES string of the molecule is [C-]#[N+]Cc1c(I)sc2c([N+](=O)[O-])cccc12. The molecule has 80 valence electrons. The van der Waals surface area contributed by atoms with Gasteiger partial charge in [-0.3, -0.25) is 10.1 Å². The summed E-state index contributed by atoms with van der Waals surface area (Å²) in [6.07, 6.45) is 0. The van der Waals surface area contributed by atoms with Crippen molar-refractivity contribution >= 4 is 49.7 Å². The van der Waals surface area contributed by atoms with Crippen LogP contribution in [0.4, 0.5) is 5.69 Å². The van der Waals surface area contributed by atoms with Crippen molar-refractivity contribution in [2.45, 2.75) is 6.54 Å². The van der Waals surface area contributed by atoms with Gasteiger partial charge in [0.1, 0.15) is 4.70 Å². The van der Waals surface area contributed by atoms with Gasteiger partial charge in [-0.1, -0.05) is 12.1 Å². The predicted molar refractivity (Wildman–Crippen MR) is 71.5 cm³/mol. The van der Waals surface area contributed by atoms with E-state index in [-0.39, 0.29) is 17.2 Å². The third-order valence-corrected chi connectivity index (χ3v) is 4.55. The molecule has 0 aliphatic carbocycles. The summed E-state index contributed by atoms with van der Waals surface area (Å²) in [6.45, 7) is 7.16. The van der Waals surface area contributed by atoms with Gasteiger partial charge in [0.2, 0.25) is 6.54 Å². The Labute approximate surface area is 109 Å². The highest BCUT2D eigenvalue weighted by molar-refractivity contribution is 14.1. The molecule has 4 nitrogen and oxygen atoms in total. The van der Waals surface area contributed by atoms with Crippen molar-refractivity contribution < 1.29 is 4.92 Å². The van der Waals surface area contributed by atoms with Gasteiger partial charge in [0.25, 0.3) is 5.69 Å². The molecule has 0 atom stereocenters. The molecule has 0 bridgehead atoms. The maximum atomic E-state index is 10.8. The van der Waals surface area contributed by atoms with Gasteiger partial charge in [0.15, 0.2) is 0 Å². The maximum absolute atomic E-state index is 10.8. The number of rotatable bonds is 2. The number of halogens is 1. The first-order valence-electron chi connectivity index (χ1n) is 4.32. The standard InChI is InChI=1S/C10H5IN2O2S/c1-12-5-7-6-3-2-4-8(13(14)15)9(6)16-10(7)11/h2-4H,5H2. The summed E-state index contributed by atoms with van der Waals surface area (Å²) in [5.74, 6) is 0. The highest BCUT2D eigenvalue weighted by atomic mass is 127. The lowest BCUT2D eigenvalue weighted by Crippen LogP contribution is -1.87. The van der Waals surface area contributed by atoms with E-state index in [1.165, 1.54) is 17.4 Å². The number of benzene rings is 1. The van der Waals surface area contributed by atoms with Crippen LogP contribution < -0.4 is 0 Å². The molecular formula is C10H5IN2O2S. The first kappa shape index (κ1) is 11.3. The van der Waals surface area contributed by atoms with Gasteiger partial charge in [-0.15, -0.1) is 11.3 Å². The number of nitrogens with zero attached hydrogens (tertiary/aromatic N) is 2. The molecular weight excluding hydrogens is 339 g/mol. The van der Waals surface area contributed by atoms with E-state index in [1.807, 2.05) is 6.07 Å². The molecule has 0 aliphatic heterocycles. The molecule has 0 unspecified atom stereocenters. The Morgan fingerprint density at radius 2 is 2.31 bits per heavy atom. The van der Waals surface area contributed by atoms with Crippen LogP contribution in [0.2, 0.25) is 0 Å². The average molecular weight is 344 g/mol. The van der Waals surface area contributed by atoms with Crippen LogP contribution in [-0.2, 0) is 6.54 Å². The summed E-state index contributed by atoms with van der Waals surface area (Å²) in [4.78, 5) is 13.8. The molecule has 1 aromatic heterocycles. The van der Waals surface area contributed by atoms with Gasteiger partial charge >= 0.3 is 0 Å². The van der Waals surface area contributed by atoms with Crippen molar-refractivity contribution in [2.24, 2.45) is 0 Å². The largest absolute Gasteiger partial charge is 0.312 e. The molecule has 16 heavy (non-hydrogen) atoms. The minimum absolute atomic E-state index is 0.122. The maximum Gasteiger partial charge on any atom is 0.287 e. The van der Waals surface area contributed by atoms with Crippen LogP contribution in [0.1, 0.15) is 5.56 Å². The molecule has 2 rings (SSSR count). The van der Waals surface area contributed by atoms with E-state index in [0.717, 1.165) is 13.8 Å². The van der Waals surface area contributed by atoms with Crippen LogP contribution in [0.15, 0.2) is 18.2 Å². The van der Waals surface area contributed by atoms with Crippen LogP contribution in [0.5, 0.6) is 0 Å². The Balaban J connectivity index is 2.78. The topological polar surface area (TPSA) is 47.5 Å². The molecule has 0 N–H and O–H groups in total. The number of hydrogen-bond donors (Lipinski definition) is 0. The van der Waals surface area contributed by atoms with Crippen LogP contribution >= 0.6 is 33.9 Å². The average Bonchev–Trinajstić information content (AvgIpc) is 2.56. The molecule has 0 radical (unpaired) electrons. The smallest absolute Gasteiger partial charge is 0.287 e. The molecule has 0 spiro atoms. The van der Waals surface area contributed by atoms with E-state index in [0.29, 0.717) is 4.70 Å². The number of hydrogen-bond acceptors (Lipinski definition) is 3. The molecule has 0 aliphatic rings. The van der Waals surface area contributed by atoms with Gasteiger partial charge in [-0.05, 0) is 22.6 Å². The first-order chi connectivity index (χ1) is 7.65. The van der Waals surface area contributed by atoms with Crippen molar-refractivity contribution in [2.75, 3.05) is 0 Å². The molecule has 0 amide bonds. The zero-order valence-electron chi connectivity index (χ0n) is 7.94. The molecule has 0 saturated carbocycles. The Morgan fingerprint density at radius 3 is 2.94 bits per heavy atom. The first-order valence-corrected chi connectivity index (χ1v) is 6.22. The molecule has 1 aromatic carbocycles. The van der Waals surface area contributed by atoms with Crippen LogP contribution in [0.25, 0.3) is 14.9 Å². The quantitative estimate of drug-likeness (QED) is 0.360. The third-order valence-electron chi connectivity index (χ3n) is 2.18. The number of fused-ring (bicyclic) bond motifs is 1. The Morgan fingerprint density at radius 1 is 1.56 bits per heavy atom. The van der Waals surface area contributed by atoms with E-state index in [4.69, 9.17) is 6.57 Å². The second kappa shape index (κ2) is 4.35. The lowest BCUT2D eigenvalue weighted by molar-refractivity contribution is -0.382. The minimum atomic E-state index is -0.378. The fourth-order valence-electron chi connectivity index (χ4n) is 1.50. The summed E-state index contributed by atoms with van der Waals surface area (Å²) in [5, 5.41) is 11.7. The summed E-state index contributed by atoms with van der Waals surface area (Å²) >= 11 is 3.50. The molecule has 1 heterocycles. The summed E-state index contributed by atoms with van der Waals surface area (Å²) in [7, 11) is 0. The zero-order chi connectivity index (χ0) is 11.7. The highest BCUT2D eigenvalue weighted by Gasteiger charge is 2.19. The minimum Gasteiger partial charge on any atom is -0.312 e. The van der Waals surface area contributed by atoms with Gasteiger partial charge in [-0.2, -0.15) is 0 Å². The number of nitro benzene ring substituents is 1. The van der Waals surface area contributed by atoms with Gasteiger partial charge in [0.05, 0.1) is 13.4 Å². The number of nitro groups is 1. The Bertz CT molecular complexity index is 615. The van der Waals surface area contributed by atoms with Crippen molar-refractivity contribution in [3.63, 3.8) is 0 Å². The van der Waals surface area contributed by atoms with Crippen LogP contribution in [0, 0.1) is 19.6 Å². The second-order valence-corrected chi connectivity index (χ2v) is 5.91. The number of non-ortho nitro benzene ring substituents is 1. The highest BCUT2D eigenvalue weighted by Crippen LogP contribution is 2.38. The third kappa shape index (κ3) is 1.76. The molecule has 0 saturated heterocycles. The fraction of sp³-hybridized carbons (Fsp3) is 0.100. The summed E-state index contributed by atoms with van der Waals surface area (Å²) in [6, 6.07) is 4.99. The van der Waals surface area contributed by atoms with Crippen molar-refractivity contribution in [3.8, 4) is 0 Å². The van der Waals surface area contributed by atoms with E-state index < -0.39 is 0 Å². The Kier molecular flexibility index (Phi) is 3.07. The van der Waals surface area contributed by atoms with Gasteiger partial charge < -0.3 is 4.85 Å². The normalized spacial score (nSPS) is 10.2. The molecule has 2 aromatic rings. The van der Waals surface area contributed by atoms with E-state index >= 15 is 0 Å². The van der Waals surface area contributed by atoms with E-state index in [2.05, 4.69) is 27.4 Å². The van der Waals surface area contributed by atoms with Gasteiger partial charge in [-0.25, -0.2) is 6.57 Å². The van der Waals surface area contributed by atoms with E-state index in [1.54, 1.807) is 6.07 Å². The van der Waals surface area contributed by atoms with Crippen molar-refractivity contribution in [1.82, 2.24) is 0 Å². The molecule has 0 fully saturated rings. The van der Waals surface area contributed by atoms with E-state index in [9.17, 15) is 10.1 Å². The van der Waals surface area contributed by atoms with Gasteiger partial charge in [0, 0.05) is 11.5 Å². The van der Waals surface area contributed by atoms with Crippen LogP contribution in [0.3, 0.4) is 0 Å². The van der Waals surface area contributed by atoms with Crippen molar-refractivity contribution in [1.29, 1.82) is 0 Å². The number of thiophene rings is 1. The lowest BCUT2D eigenvalue weighted by Gasteiger charge is -1.93. The Hall–Kier alpha value is -1.20. The van der Waals surface area contributed by atoms with Crippen molar-refractivity contribution in [3.05, 3.63) is 48.2 Å². The molecule has 6 heteroatoms. The second-order valence-electron chi connectivity index (χ2n) is 3.08. The van der Waals surface area contributed by atoms with Crippen LogP contribution in [-0.4, -0.2) is 4.92 Å². The fourth-order valence-corrected chi connectivity index (χ4v) is 3.64.